The molecule has 1 saturated heterocycles. The number of benzene rings is 1. The minimum absolute atomic E-state index is 0.197. The Hall–Kier alpha value is -0.770. The van der Waals surface area contributed by atoms with E-state index in [0.717, 1.165) is 23.3 Å². The van der Waals surface area contributed by atoms with Gasteiger partial charge in [0.2, 0.25) is 0 Å². The molecule has 0 unspecified atom stereocenters. The summed E-state index contributed by atoms with van der Waals surface area (Å²) in [5.41, 5.74) is 2.27. The molecule has 1 fully saturated rings. The molecule has 3 heteroatoms. The molecule has 16 heavy (non-hydrogen) atoms. The van der Waals surface area contributed by atoms with Gasteiger partial charge in [-0.15, -0.1) is 0 Å². The van der Waals surface area contributed by atoms with Gasteiger partial charge in [0.15, 0.2) is 6.29 Å². The summed E-state index contributed by atoms with van der Waals surface area (Å²) in [5, 5.41) is 0. The number of hydrogen-bond acceptors (Lipinski definition) is 3. The summed E-state index contributed by atoms with van der Waals surface area (Å²) in [7, 11) is 0. The van der Waals surface area contributed by atoms with Crippen molar-refractivity contribution in [2.75, 3.05) is 19.0 Å². The zero-order chi connectivity index (χ0) is 11.2. The molecule has 1 heterocycles. The lowest BCUT2D eigenvalue weighted by Gasteiger charge is -2.12. The van der Waals surface area contributed by atoms with E-state index in [2.05, 4.69) is 36.9 Å². The Morgan fingerprint density at radius 1 is 1.25 bits per heavy atom. The quantitative estimate of drug-likeness (QED) is 0.810. The average Bonchev–Trinajstić information content (AvgIpc) is 2.83. The SMILES string of the molecule is SCCC=Cc1ccccc1C1OCCO1. The molecule has 0 bridgehead atoms. The average molecular weight is 236 g/mol. The van der Waals surface area contributed by atoms with E-state index in [9.17, 15) is 0 Å². The molecule has 86 valence electrons. The van der Waals surface area contributed by atoms with Crippen LogP contribution in [0.4, 0.5) is 0 Å². The van der Waals surface area contributed by atoms with Crippen molar-refractivity contribution in [3.05, 3.63) is 41.5 Å². The molecule has 0 atom stereocenters. The number of rotatable bonds is 4. The van der Waals surface area contributed by atoms with Gasteiger partial charge in [-0.3, -0.25) is 0 Å². The zero-order valence-corrected chi connectivity index (χ0v) is 10.0. The molecule has 0 radical (unpaired) electrons. The highest BCUT2D eigenvalue weighted by molar-refractivity contribution is 7.80. The van der Waals surface area contributed by atoms with Crippen molar-refractivity contribution < 1.29 is 9.47 Å². The van der Waals surface area contributed by atoms with E-state index in [1.807, 2.05) is 12.1 Å². The lowest BCUT2D eigenvalue weighted by molar-refractivity contribution is -0.0442. The van der Waals surface area contributed by atoms with Crippen LogP contribution in [-0.4, -0.2) is 19.0 Å². The molecule has 1 aliphatic rings. The molecule has 0 amide bonds. The summed E-state index contributed by atoms with van der Waals surface area (Å²) < 4.78 is 11.0. The van der Waals surface area contributed by atoms with Crippen molar-refractivity contribution in [3.8, 4) is 0 Å². The van der Waals surface area contributed by atoms with Crippen molar-refractivity contribution in [3.63, 3.8) is 0 Å². The Bertz CT molecular complexity index is 357. The first-order valence-corrected chi connectivity index (χ1v) is 6.14. The van der Waals surface area contributed by atoms with Crippen LogP contribution in [0.1, 0.15) is 23.8 Å². The van der Waals surface area contributed by atoms with E-state index in [0.29, 0.717) is 13.2 Å². The summed E-state index contributed by atoms with van der Waals surface area (Å²) >= 11 is 4.18. The van der Waals surface area contributed by atoms with Crippen LogP contribution in [0.2, 0.25) is 0 Å². The maximum atomic E-state index is 5.51. The summed E-state index contributed by atoms with van der Waals surface area (Å²) in [6.45, 7) is 1.36. The van der Waals surface area contributed by atoms with Gasteiger partial charge in [-0.05, 0) is 17.7 Å². The van der Waals surface area contributed by atoms with Gasteiger partial charge in [0.25, 0.3) is 0 Å². The minimum atomic E-state index is -0.197. The second-order valence-electron chi connectivity index (χ2n) is 3.62. The van der Waals surface area contributed by atoms with E-state index >= 15 is 0 Å². The Morgan fingerprint density at radius 3 is 2.75 bits per heavy atom. The molecule has 0 N–H and O–H groups in total. The van der Waals surface area contributed by atoms with Crippen molar-refractivity contribution in [2.45, 2.75) is 12.7 Å². The maximum absolute atomic E-state index is 5.51. The topological polar surface area (TPSA) is 18.5 Å². The van der Waals surface area contributed by atoms with E-state index in [1.165, 1.54) is 0 Å². The Labute approximate surface area is 102 Å². The first-order valence-electron chi connectivity index (χ1n) is 5.51. The van der Waals surface area contributed by atoms with Crippen molar-refractivity contribution in [1.82, 2.24) is 0 Å². The van der Waals surface area contributed by atoms with Gasteiger partial charge in [0.1, 0.15) is 0 Å². The highest BCUT2D eigenvalue weighted by Gasteiger charge is 2.19. The zero-order valence-electron chi connectivity index (χ0n) is 9.13. The Morgan fingerprint density at radius 2 is 2.00 bits per heavy atom. The predicted octanol–water partition coefficient (Wildman–Crippen LogP) is 3.07. The molecule has 0 saturated carbocycles. The van der Waals surface area contributed by atoms with E-state index in [1.54, 1.807) is 0 Å². The summed E-state index contributed by atoms with van der Waals surface area (Å²) in [4.78, 5) is 0. The molecule has 0 aromatic heterocycles. The van der Waals surface area contributed by atoms with E-state index < -0.39 is 0 Å². The van der Waals surface area contributed by atoms with Crippen molar-refractivity contribution in [1.29, 1.82) is 0 Å². The standard InChI is InChI=1S/C13H16O2S/c16-10-4-3-6-11-5-1-2-7-12(11)13-14-8-9-15-13/h1-3,5-7,13,16H,4,8-10H2. The molecular formula is C13H16O2S. The smallest absolute Gasteiger partial charge is 0.184 e. The molecule has 0 aliphatic carbocycles. The molecule has 1 aromatic carbocycles. The van der Waals surface area contributed by atoms with Crippen molar-refractivity contribution in [2.24, 2.45) is 0 Å². The van der Waals surface area contributed by atoms with Gasteiger partial charge in [-0.25, -0.2) is 0 Å². The van der Waals surface area contributed by atoms with E-state index in [-0.39, 0.29) is 6.29 Å². The van der Waals surface area contributed by atoms with Gasteiger partial charge in [0.05, 0.1) is 13.2 Å². The first kappa shape index (κ1) is 11.7. The fraction of sp³-hybridized carbons (Fsp3) is 0.385. The lowest BCUT2D eigenvalue weighted by atomic mass is 10.1. The Kier molecular flexibility index (Phi) is 4.45. The highest BCUT2D eigenvalue weighted by Crippen LogP contribution is 2.26. The number of hydrogen-bond donors (Lipinski definition) is 1. The highest BCUT2D eigenvalue weighted by atomic mass is 32.1. The molecule has 2 rings (SSSR count). The molecule has 2 nitrogen and oxygen atoms in total. The third-order valence-corrected chi connectivity index (χ3v) is 2.72. The number of allylic oxidation sites excluding steroid dienone is 1. The molecule has 1 aromatic rings. The van der Waals surface area contributed by atoms with Crippen LogP contribution in [0.5, 0.6) is 0 Å². The predicted molar refractivity (Wildman–Crippen MR) is 68.6 cm³/mol. The minimum Gasteiger partial charge on any atom is -0.346 e. The van der Waals surface area contributed by atoms with Crippen LogP contribution >= 0.6 is 12.6 Å². The van der Waals surface area contributed by atoms with Gasteiger partial charge < -0.3 is 9.47 Å². The van der Waals surface area contributed by atoms with Gasteiger partial charge >= 0.3 is 0 Å². The van der Waals surface area contributed by atoms with Gasteiger partial charge in [-0.1, -0.05) is 36.4 Å². The number of thiol groups is 1. The largest absolute Gasteiger partial charge is 0.346 e. The normalized spacial score (nSPS) is 17.3. The van der Waals surface area contributed by atoms with Crippen molar-refractivity contribution >= 4 is 18.7 Å². The van der Waals surface area contributed by atoms with E-state index in [4.69, 9.17) is 9.47 Å². The van der Waals surface area contributed by atoms with Gasteiger partial charge in [-0.2, -0.15) is 12.6 Å². The third-order valence-electron chi connectivity index (χ3n) is 2.46. The summed E-state index contributed by atoms with van der Waals surface area (Å²) in [6.07, 6.45) is 5.01. The molecular weight excluding hydrogens is 220 g/mol. The number of ether oxygens (including phenoxy) is 2. The summed E-state index contributed by atoms with van der Waals surface area (Å²) in [6, 6.07) is 8.17. The second kappa shape index (κ2) is 6.09. The van der Waals surface area contributed by atoms with Crippen LogP contribution < -0.4 is 0 Å². The molecule has 1 aliphatic heterocycles. The molecule has 0 spiro atoms. The monoisotopic (exact) mass is 236 g/mol. The van der Waals surface area contributed by atoms with Crippen LogP contribution in [0.25, 0.3) is 6.08 Å². The lowest BCUT2D eigenvalue weighted by Crippen LogP contribution is -2.00. The van der Waals surface area contributed by atoms with Crippen LogP contribution in [-0.2, 0) is 9.47 Å². The van der Waals surface area contributed by atoms with Crippen LogP contribution in [0.3, 0.4) is 0 Å². The third kappa shape index (κ3) is 2.88. The second-order valence-corrected chi connectivity index (χ2v) is 4.06. The Balaban J connectivity index is 2.16. The summed E-state index contributed by atoms with van der Waals surface area (Å²) in [5.74, 6) is 0.870. The fourth-order valence-corrected chi connectivity index (χ4v) is 1.85. The first-order chi connectivity index (χ1) is 7.92. The maximum Gasteiger partial charge on any atom is 0.184 e. The van der Waals surface area contributed by atoms with Crippen LogP contribution in [0.15, 0.2) is 30.3 Å². The van der Waals surface area contributed by atoms with Crippen LogP contribution in [0, 0.1) is 0 Å². The van der Waals surface area contributed by atoms with Gasteiger partial charge in [0, 0.05) is 5.56 Å². The fourth-order valence-electron chi connectivity index (χ4n) is 1.70.